The molecule has 2 nitrogen and oxygen atoms in total. The number of thioether (sulfide) groups is 1. The molecule has 1 fully saturated rings. The molecule has 1 aliphatic carbocycles. The number of rotatable bonds is 4. The van der Waals surface area contributed by atoms with Crippen LogP contribution in [0.1, 0.15) is 31.1 Å². The predicted molar refractivity (Wildman–Crippen MR) is 84.3 cm³/mol. The third kappa shape index (κ3) is 2.44. The van der Waals surface area contributed by atoms with Gasteiger partial charge in [0.1, 0.15) is 11.3 Å². The van der Waals surface area contributed by atoms with E-state index in [0.29, 0.717) is 29.1 Å². The molecule has 0 aliphatic heterocycles. The van der Waals surface area contributed by atoms with Crippen LogP contribution in [0.3, 0.4) is 0 Å². The van der Waals surface area contributed by atoms with Gasteiger partial charge in [0, 0.05) is 23.6 Å². The van der Waals surface area contributed by atoms with Gasteiger partial charge in [-0.2, -0.15) is 11.8 Å². The fourth-order valence-corrected chi connectivity index (χ4v) is 4.12. The molecule has 108 valence electrons. The summed E-state index contributed by atoms with van der Waals surface area (Å²) in [7, 11) is 0. The van der Waals surface area contributed by atoms with E-state index in [2.05, 4.69) is 15.8 Å². The number of alkyl halides is 1. The molecule has 0 N–H and O–H groups in total. The molecular weight excluding hydrogens is 295 g/mol. The van der Waals surface area contributed by atoms with Crippen LogP contribution in [-0.4, -0.2) is 26.9 Å². The summed E-state index contributed by atoms with van der Waals surface area (Å²) in [5.74, 6) is 1.20. The second-order valence-corrected chi connectivity index (χ2v) is 6.79. The summed E-state index contributed by atoms with van der Waals surface area (Å²) in [5, 5.41) is 0.704. The van der Waals surface area contributed by atoms with Crippen LogP contribution in [0.15, 0.2) is 18.2 Å². The number of imidazole rings is 1. The summed E-state index contributed by atoms with van der Waals surface area (Å²) < 4.78 is 16.2. The Morgan fingerprint density at radius 3 is 3.00 bits per heavy atom. The molecule has 2 atom stereocenters. The van der Waals surface area contributed by atoms with E-state index in [9.17, 15) is 4.39 Å². The average Bonchev–Trinajstić information content (AvgIpc) is 3.03. The Hall–Kier alpha value is -0.740. The van der Waals surface area contributed by atoms with Gasteiger partial charge >= 0.3 is 0 Å². The van der Waals surface area contributed by atoms with Crippen molar-refractivity contribution in [3.05, 3.63) is 29.8 Å². The number of nitrogens with zero attached hydrogens (tertiary/aromatic N) is 2. The Balaban J connectivity index is 2.07. The minimum Gasteiger partial charge on any atom is -0.325 e. The van der Waals surface area contributed by atoms with Crippen LogP contribution in [0.5, 0.6) is 0 Å². The van der Waals surface area contributed by atoms with E-state index >= 15 is 0 Å². The van der Waals surface area contributed by atoms with E-state index in [0.717, 1.165) is 24.2 Å². The number of hydrogen-bond acceptors (Lipinski definition) is 2. The number of aromatic nitrogens is 2. The molecular formula is C15H18ClFN2S. The Labute approximate surface area is 127 Å². The summed E-state index contributed by atoms with van der Waals surface area (Å²) in [6.07, 6.45) is 6.36. The maximum Gasteiger partial charge on any atom is 0.151 e. The average molecular weight is 313 g/mol. The van der Waals surface area contributed by atoms with Crippen molar-refractivity contribution in [2.75, 3.05) is 12.1 Å². The smallest absolute Gasteiger partial charge is 0.151 e. The molecule has 0 radical (unpaired) electrons. The highest BCUT2D eigenvalue weighted by molar-refractivity contribution is 7.99. The van der Waals surface area contributed by atoms with Gasteiger partial charge in [0.2, 0.25) is 0 Å². The van der Waals surface area contributed by atoms with Crippen LogP contribution in [-0.2, 0) is 6.42 Å². The third-order valence-electron chi connectivity index (χ3n) is 4.12. The summed E-state index contributed by atoms with van der Waals surface area (Å²) in [5.41, 5.74) is 1.40. The maximum atomic E-state index is 13.9. The SMILES string of the molecule is CSC1CCC(n2c(CCCl)nc3c(F)cccc32)C1. The van der Waals surface area contributed by atoms with Gasteiger partial charge in [-0.15, -0.1) is 11.6 Å². The van der Waals surface area contributed by atoms with Crippen LogP contribution in [0, 0.1) is 5.82 Å². The molecule has 5 heteroatoms. The summed E-state index contributed by atoms with van der Waals surface area (Å²) in [6, 6.07) is 5.64. The lowest BCUT2D eigenvalue weighted by Crippen LogP contribution is -2.10. The molecule has 1 aromatic carbocycles. The molecule has 3 rings (SSSR count). The molecule has 2 unspecified atom stereocenters. The van der Waals surface area contributed by atoms with Gasteiger partial charge in [-0.05, 0) is 37.7 Å². The van der Waals surface area contributed by atoms with E-state index < -0.39 is 0 Å². The van der Waals surface area contributed by atoms with Gasteiger partial charge in [-0.25, -0.2) is 9.37 Å². The minimum absolute atomic E-state index is 0.239. The molecule has 0 amide bonds. The van der Waals surface area contributed by atoms with Crippen molar-refractivity contribution >= 4 is 34.4 Å². The monoisotopic (exact) mass is 312 g/mol. The fraction of sp³-hybridized carbons (Fsp3) is 0.533. The standard InChI is InChI=1S/C15H18ClFN2S/c1-20-11-6-5-10(9-11)19-13-4-2-3-12(17)15(13)18-14(19)7-8-16/h2-4,10-11H,5-9H2,1H3. The molecule has 0 saturated heterocycles. The number of para-hydroxylation sites is 1. The van der Waals surface area contributed by atoms with E-state index in [1.165, 1.54) is 12.5 Å². The fourth-order valence-electron chi connectivity index (χ4n) is 3.17. The van der Waals surface area contributed by atoms with E-state index in [1.807, 2.05) is 17.8 Å². The quantitative estimate of drug-likeness (QED) is 0.778. The zero-order chi connectivity index (χ0) is 14.1. The number of fused-ring (bicyclic) bond motifs is 1. The van der Waals surface area contributed by atoms with Crippen molar-refractivity contribution < 1.29 is 4.39 Å². The highest BCUT2D eigenvalue weighted by Crippen LogP contribution is 2.38. The predicted octanol–water partition coefficient (Wildman–Crippen LogP) is 4.41. The third-order valence-corrected chi connectivity index (χ3v) is 5.40. The first-order chi connectivity index (χ1) is 9.74. The van der Waals surface area contributed by atoms with Gasteiger partial charge < -0.3 is 4.57 Å². The minimum atomic E-state index is -0.239. The van der Waals surface area contributed by atoms with Crippen LogP contribution < -0.4 is 0 Å². The summed E-state index contributed by atoms with van der Waals surface area (Å²) in [4.78, 5) is 4.49. The van der Waals surface area contributed by atoms with Crippen LogP contribution in [0.2, 0.25) is 0 Å². The van der Waals surface area contributed by atoms with Gasteiger partial charge in [0.25, 0.3) is 0 Å². The molecule has 0 spiro atoms. The highest BCUT2D eigenvalue weighted by atomic mass is 35.5. The van der Waals surface area contributed by atoms with Gasteiger partial charge in [-0.3, -0.25) is 0 Å². The summed E-state index contributed by atoms with van der Waals surface area (Å²) in [6.45, 7) is 0. The molecule has 1 saturated carbocycles. The lowest BCUT2D eigenvalue weighted by molar-refractivity contribution is 0.514. The van der Waals surface area contributed by atoms with Crippen molar-refractivity contribution in [1.29, 1.82) is 0 Å². The van der Waals surface area contributed by atoms with Gasteiger partial charge in [0.15, 0.2) is 5.82 Å². The van der Waals surface area contributed by atoms with Crippen molar-refractivity contribution in [1.82, 2.24) is 9.55 Å². The zero-order valence-corrected chi connectivity index (χ0v) is 13.1. The number of benzene rings is 1. The zero-order valence-electron chi connectivity index (χ0n) is 11.5. The Bertz CT molecular complexity index is 613. The second kappa shape index (κ2) is 5.94. The Morgan fingerprint density at radius 1 is 1.45 bits per heavy atom. The van der Waals surface area contributed by atoms with Gasteiger partial charge in [0.05, 0.1) is 5.52 Å². The van der Waals surface area contributed by atoms with Crippen molar-refractivity contribution in [3.8, 4) is 0 Å². The molecule has 2 aromatic rings. The first-order valence-corrected chi connectivity index (χ1v) is 8.81. The molecule has 1 aromatic heterocycles. The largest absolute Gasteiger partial charge is 0.325 e. The van der Waals surface area contributed by atoms with Crippen LogP contribution in [0.4, 0.5) is 4.39 Å². The highest BCUT2D eigenvalue weighted by Gasteiger charge is 2.28. The lowest BCUT2D eigenvalue weighted by atomic mass is 10.2. The van der Waals surface area contributed by atoms with E-state index in [1.54, 1.807) is 6.07 Å². The first-order valence-electron chi connectivity index (χ1n) is 6.98. The Morgan fingerprint density at radius 2 is 2.30 bits per heavy atom. The lowest BCUT2D eigenvalue weighted by Gasteiger charge is -2.16. The molecule has 1 heterocycles. The van der Waals surface area contributed by atoms with Crippen molar-refractivity contribution in [3.63, 3.8) is 0 Å². The van der Waals surface area contributed by atoms with Crippen molar-refractivity contribution in [2.45, 2.75) is 37.0 Å². The number of hydrogen-bond donors (Lipinski definition) is 0. The topological polar surface area (TPSA) is 17.8 Å². The van der Waals surface area contributed by atoms with Gasteiger partial charge in [-0.1, -0.05) is 6.07 Å². The molecule has 1 aliphatic rings. The molecule has 20 heavy (non-hydrogen) atoms. The summed E-state index contributed by atoms with van der Waals surface area (Å²) >= 11 is 7.81. The Kier molecular flexibility index (Phi) is 4.22. The molecule has 0 bridgehead atoms. The number of aryl methyl sites for hydroxylation is 1. The van der Waals surface area contributed by atoms with E-state index in [4.69, 9.17) is 11.6 Å². The second-order valence-electron chi connectivity index (χ2n) is 5.27. The van der Waals surface area contributed by atoms with Crippen LogP contribution in [0.25, 0.3) is 11.0 Å². The van der Waals surface area contributed by atoms with Crippen LogP contribution >= 0.6 is 23.4 Å². The van der Waals surface area contributed by atoms with Crippen molar-refractivity contribution in [2.24, 2.45) is 0 Å². The van der Waals surface area contributed by atoms with E-state index in [-0.39, 0.29) is 5.82 Å². The first kappa shape index (κ1) is 14.2. The number of halogens is 2. The maximum absolute atomic E-state index is 13.9. The normalized spacial score (nSPS) is 22.8.